The molecule has 8 heteroatoms. The third-order valence-electron chi connectivity index (χ3n) is 3.11. The van der Waals surface area contributed by atoms with Crippen molar-refractivity contribution in [3.63, 3.8) is 0 Å². The maximum Gasteiger partial charge on any atom is 0.244 e. The fourth-order valence-electron chi connectivity index (χ4n) is 1.94. The van der Waals surface area contributed by atoms with Gasteiger partial charge in [0.15, 0.2) is 0 Å². The number of rotatable bonds is 9. The van der Waals surface area contributed by atoms with Crippen molar-refractivity contribution in [3.05, 3.63) is 11.4 Å². The van der Waals surface area contributed by atoms with Crippen molar-refractivity contribution in [1.82, 2.24) is 20.2 Å². The molecule has 1 aliphatic rings. The molecule has 7 nitrogen and oxygen atoms in total. The van der Waals surface area contributed by atoms with E-state index in [4.69, 9.17) is 4.74 Å². The highest BCUT2D eigenvalue weighted by molar-refractivity contribution is 7.89. The molecule has 0 unspecified atom stereocenters. The summed E-state index contributed by atoms with van der Waals surface area (Å²) < 4.78 is 32.3. The van der Waals surface area contributed by atoms with Gasteiger partial charge in [0, 0.05) is 25.7 Å². The van der Waals surface area contributed by atoms with E-state index in [0.717, 1.165) is 12.8 Å². The fourth-order valence-corrected chi connectivity index (χ4v) is 3.31. The van der Waals surface area contributed by atoms with Crippen LogP contribution in [-0.2, 0) is 21.3 Å². The van der Waals surface area contributed by atoms with Crippen LogP contribution in [0.3, 0.4) is 0 Å². The summed E-state index contributed by atoms with van der Waals surface area (Å²) >= 11 is 0. The zero-order chi connectivity index (χ0) is 14.6. The van der Waals surface area contributed by atoms with Crippen molar-refractivity contribution >= 4 is 10.0 Å². The molecule has 20 heavy (non-hydrogen) atoms. The number of aryl methyl sites for hydroxylation is 1. The number of H-pyrrole nitrogens is 1. The van der Waals surface area contributed by atoms with Crippen LogP contribution in [0.2, 0.25) is 0 Å². The lowest BCUT2D eigenvalue weighted by atomic mass is 10.3. The van der Waals surface area contributed by atoms with Crippen LogP contribution in [-0.4, -0.2) is 44.4 Å². The molecule has 0 aliphatic heterocycles. The van der Waals surface area contributed by atoms with Crippen LogP contribution in [0.4, 0.5) is 0 Å². The highest BCUT2D eigenvalue weighted by Crippen LogP contribution is 2.21. The fraction of sp³-hybridized carbons (Fsp3) is 0.750. The number of nitrogens with one attached hydrogen (secondary N) is 3. The van der Waals surface area contributed by atoms with Crippen molar-refractivity contribution in [3.8, 4) is 0 Å². The second-order valence-corrected chi connectivity index (χ2v) is 6.58. The van der Waals surface area contributed by atoms with Crippen molar-refractivity contribution in [1.29, 1.82) is 0 Å². The average Bonchev–Trinajstić information content (AvgIpc) is 3.15. The first-order valence-corrected chi connectivity index (χ1v) is 8.37. The molecular weight excluding hydrogens is 280 g/mol. The van der Waals surface area contributed by atoms with Crippen LogP contribution in [0.1, 0.15) is 31.2 Å². The number of sulfonamides is 1. The maximum absolute atomic E-state index is 12.3. The van der Waals surface area contributed by atoms with Crippen LogP contribution >= 0.6 is 0 Å². The van der Waals surface area contributed by atoms with Crippen LogP contribution < -0.4 is 10.0 Å². The third-order valence-corrected chi connectivity index (χ3v) is 4.77. The van der Waals surface area contributed by atoms with Gasteiger partial charge in [0.1, 0.15) is 4.90 Å². The van der Waals surface area contributed by atoms with Crippen LogP contribution in [0.15, 0.2) is 4.90 Å². The zero-order valence-corrected chi connectivity index (χ0v) is 12.7. The Morgan fingerprint density at radius 2 is 2.20 bits per heavy atom. The van der Waals surface area contributed by atoms with E-state index in [2.05, 4.69) is 20.2 Å². The molecule has 1 heterocycles. The van der Waals surface area contributed by atoms with Crippen LogP contribution in [0, 0.1) is 6.92 Å². The quantitative estimate of drug-likeness (QED) is 0.570. The van der Waals surface area contributed by atoms with Gasteiger partial charge in [-0.05, 0) is 26.7 Å². The maximum atomic E-state index is 12.3. The molecule has 1 aromatic heterocycles. The second kappa shape index (κ2) is 6.66. The first-order chi connectivity index (χ1) is 9.54. The van der Waals surface area contributed by atoms with E-state index in [9.17, 15) is 8.42 Å². The Hall–Kier alpha value is -0.960. The molecular formula is C12H22N4O3S. The largest absolute Gasteiger partial charge is 0.380 e. The second-order valence-electron chi connectivity index (χ2n) is 4.87. The van der Waals surface area contributed by atoms with Gasteiger partial charge >= 0.3 is 0 Å². The van der Waals surface area contributed by atoms with Gasteiger partial charge in [-0.1, -0.05) is 0 Å². The van der Waals surface area contributed by atoms with Gasteiger partial charge in [-0.15, -0.1) is 0 Å². The minimum atomic E-state index is -3.55. The number of aromatic amines is 1. The van der Waals surface area contributed by atoms with E-state index >= 15 is 0 Å². The standard InChI is InChI=1S/C12H22N4O3S/c1-3-19-7-6-14-20(17,18)12-9(2)15-16-11(12)8-13-10-4-5-10/h10,13-14H,3-8H2,1-2H3,(H,15,16). The summed E-state index contributed by atoms with van der Waals surface area (Å²) in [7, 11) is -3.55. The molecule has 0 saturated heterocycles. The smallest absolute Gasteiger partial charge is 0.244 e. The van der Waals surface area contributed by atoms with E-state index < -0.39 is 10.0 Å². The van der Waals surface area contributed by atoms with E-state index in [-0.39, 0.29) is 11.4 Å². The SMILES string of the molecule is CCOCCNS(=O)(=O)c1c(CNC2CC2)n[nH]c1C. The Bertz CT molecular complexity index is 537. The molecule has 0 atom stereocenters. The van der Waals surface area contributed by atoms with Gasteiger partial charge in [0.05, 0.1) is 18.0 Å². The number of ether oxygens (including phenoxy) is 1. The van der Waals surface area contributed by atoms with Gasteiger partial charge in [0.25, 0.3) is 0 Å². The summed E-state index contributed by atoms with van der Waals surface area (Å²) in [6, 6.07) is 0.508. The lowest BCUT2D eigenvalue weighted by molar-refractivity contribution is 0.153. The number of aromatic nitrogens is 2. The molecule has 0 amide bonds. The van der Waals surface area contributed by atoms with Crippen molar-refractivity contribution < 1.29 is 13.2 Å². The number of nitrogens with zero attached hydrogens (tertiary/aromatic N) is 1. The van der Waals surface area contributed by atoms with Crippen molar-refractivity contribution in [2.45, 2.75) is 44.2 Å². The molecule has 2 rings (SSSR count). The molecule has 0 radical (unpaired) electrons. The Kier molecular flexibility index (Phi) is 5.14. The minimum absolute atomic E-state index is 0.252. The molecule has 1 saturated carbocycles. The summed E-state index contributed by atoms with van der Waals surface area (Å²) in [6.07, 6.45) is 2.30. The Morgan fingerprint density at radius 1 is 1.45 bits per heavy atom. The van der Waals surface area contributed by atoms with Crippen molar-refractivity contribution in [2.75, 3.05) is 19.8 Å². The molecule has 1 aromatic rings. The molecule has 114 valence electrons. The van der Waals surface area contributed by atoms with Gasteiger partial charge in [-0.2, -0.15) is 5.10 Å². The number of hydrogen-bond donors (Lipinski definition) is 3. The van der Waals surface area contributed by atoms with E-state index in [1.165, 1.54) is 0 Å². The molecule has 3 N–H and O–H groups in total. The lowest BCUT2D eigenvalue weighted by Gasteiger charge is -2.08. The first kappa shape index (κ1) is 15.4. The summed E-state index contributed by atoms with van der Waals surface area (Å²) in [5.74, 6) is 0. The summed E-state index contributed by atoms with van der Waals surface area (Å²) in [5.41, 5.74) is 1.10. The van der Waals surface area contributed by atoms with Gasteiger partial charge < -0.3 is 10.1 Å². The normalized spacial score (nSPS) is 15.7. The van der Waals surface area contributed by atoms with Crippen LogP contribution in [0.25, 0.3) is 0 Å². The zero-order valence-electron chi connectivity index (χ0n) is 11.9. The predicted molar refractivity (Wildman–Crippen MR) is 74.9 cm³/mol. The average molecular weight is 302 g/mol. The molecule has 0 aromatic carbocycles. The molecule has 0 spiro atoms. The Labute approximate surface area is 119 Å². The first-order valence-electron chi connectivity index (χ1n) is 6.89. The van der Waals surface area contributed by atoms with E-state index in [0.29, 0.717) is 37.2 Å². The van der Waals surface area contributed by atoms with E-state index in [1.807, 2.05) is 6.92 Å². The van der Waals surface area contributed by atoms with Gasteiger partial charge in [0.2, 0.25) is 10.0 Å². The molecule has 1 aliphatic carbocycles. The predicted octanol–water partition coefficient (Wildman–Crippen LogP) is 0.285. The highest BCUT2D eigenvalue weighted by atomic mass is 32.2. The molecule has 1 fully saturated rings. The van der Waals surface area contributed by atoms with Gasteiger partial charge in [-0.3, -0.25) is 5.10 Å². The third kappa shape index (κ3) is 4.02. The summed E-state index contributed by atoms with van der Waals surface area (Å²) in [5, 5.41) is 10.1. The summed E-state index contributed by atoms with van der Waals surface area (Å²) in [6.45, 7) is 5.25. The van der Waals surface area contributed by atoms with Crippen LogP contribution in [0.5, 0.6) is 0 Å². The van der Waals surface area contributed by atoms with Crippen molar-refractivity contribution in [2.24, 2.45) is 0 Å². The highest BCUT2D eigenvalue weighted by Gasteiger charge is 2.26. The number of hydrogen-bond acceptors (Lipinski definition) is 5. The summed E-state index contributed by atoms with van der Waals surface area (Å²) in [4.78, 5) is 0.252. The minimum Gasteiger partial charge on any atom is -0.380 e. The van der Waals surface area contributed by atoms with Gasteiger partial charge in [-0.25, -0.2) is 13.1 Å². The Morgan fingerprint density at radius 3 is 2.85 bits per heavy atom. The Balaban J connectivity index is 2.02. The monoisotopic (exact) mass is 302 g/mol. The molecule has 0 bridgehead atoms. The topological polar surface area (TPSA) is 96.1 Å². The van der Waals surface area contributed by atoms with E-state index in [1.54, 1.807) is 6.92 Å². The lowest BCUT2D eigenvalue weighted by Crippen LogP contribution is -2.29.